The van der Waals surface area contributed by atoms with Crippen LogP contribution in [0.25, 0.3) is 0 Å². The van der Waals surface area contributed by atoms with Gasteiger partial charge in [-0.15, -0.1) is 11.6 Å². The van der Waals surface area contributed by atoms with E-state index in [4.69, 9.17) is 16.3 Å². The summed E-state index contributed by atoms with van der Waals surface area (Å²) in [7, 11) is 0. The van der Waals surface area contributed by atoms with Crippen molar-refractivity contribution in [3.05, 3.63) is 0 Å². The highest BCUT2D eigenvalue weighted by molar-refractivity contribution is 6.20. The van der Waals surface area contributed by atoms with Crippen molar-refractivity contribution in [3.8, 4) is 0 Å². The van der Waals surface area contributed by atoms with E-state index >= 15 is 0 Å². The summed E-state index contributed by atoms with van der Waals surface area (Å²) in [6.45, 7) is 9.42. The average Bonchev–Trinajstić information content (AvgIpc) is 2.50. The number of ether oxygens (including phenoxy) is 1. The minimum absolute atomic E-state index is 0.366. The van der Waals surface area contributed by atoms with Crippen LogP contribution in [-0.4, -0.2) is 43.1 Å². The van der Waals surface area contributed by atoms with Gasteiger partial charge in [0.05, 0.1) is 6.61 Å². The fourth-order valence-corrected chi connectivity index (χ4v) is 1.90. The largest absolute Gasteiger partial charge is 0.380 e. The molecule has 1 atom stereocenters. The summed E-state index contributed by atoms with van der Waals surface area (Å²) >= 11 is 6.01. The molecule has 1 saturated heterocycles. The Balaban J connectivity index is 1.89. The van der Waals surface area contributed by atoms with E-state index in [1.807, 2.05) is 0 Å². The van der Waals surface area contributed by atoms with Gasteiger partial charge in [0.1, 0.15) is 0 Å². The second-order valence-electron chi connectivity index (χ2n) is 4.48. The molecule has 3 heteroatoms. The highest BCUT2D eigenvalue weighted by atomic mass is 35.5. The maximum absolute atomic E-state index is 6.01. The van der Waals surface area contributed by atoms with E-state index in [9.17, 15) is 0 Å². The predicted molar refractivity (Wildman–Crippen MR) is 61.0 cm³/mol. The fourth-order valence-electron chi connectivity index (χ4n) is 1.60. The molecule has 0 N–H and O–H groups in total. The van der Waals surface area contributed by atoms with Crippen LogP contribution in [0, 0.1) is 5.92 Å². The lowest BCUT2D eigenvalue weighted by Gasteiger charge is -2.14. The molecule has 0 aromatic heterocycles. The third kappa shape index (κ3) is 5.18. The van der Waals surface area contributed by atoms with Crippen LogP contribution in [-0.2, 0) is 4.74 Å². The van der Waals surface area contributed by atoms with Gasteiger partial charge in [0, 0.05) is 25.1 Å². The van der Waals surface area contributed by atoms with Gasteiger partial charge in [-0.3, -0.25) is 4.90 Å². The number of alkyl halides is 1. The summed E-state index contributed by atoms with van der Waals surface area (Å²) < 4.78 is 5.56. The molecule has 0 aliphatic carbocycles. The summed E-state index contributed by atoms with van der Waals surface area (Å²) in [6, 6.07) is 0. The highest BCUT2D eigenvalue weighted by Crippen LogP contribution is 2.13. The zero-order valence-corrected chi connectivity index (χ0v) is 10.1. The second kappa shape index (κ2) is 6.65. The first kappa shape index (κ1) is 12.3. The highest BCUT2D eigenvalue weighted by Gasteiger charge is 2.19. The van der Waals surface area contributed by atoms with Crippen LogP contribution in [0.1, 0.15) is 26.7 Å². The summed E-state index contributed by atoms with van der Waals surface area (Å²) in [4.78, 5) is 2.38. The summed E-state index contributed by atoms with van der Waals surface area (Å²) in [5.74, 6) is 0.744. The number of rotatable bonds is 6. The Morgan fingerprint density at radius 3 is 2.79 bits per heavy atom. The van der Waals surface area contributed by atoms with Gasteiger partial charge >= 0.3 is 0 Å². The number of halogens is 1. The van der Waals surface area contributed by atoms with Gasteiger partial charge in [0.15, 0.2) is 0 Å². The SMILES string of the molecule is CC(C)CCOCCN1CCC(Cl)C1. The molecule has 84 valence electrons. The van der Waals surface area contributed by atoms with Crippen LogP contribution in [0.3, 0.4) is 0 Å². The summed E-state index contributed by atoms with van der Waals surface area (Å²) in [5, 5.41) is 0.366. The Hall–Kier alpha value is 0.210. The molecule has 0 saturated carbocycles. The van der Waals surface area contributed by atoms with E-state index in [1.54, 1.807) is 0 Å². The van der Waals surface area contributed by atoms with Gasteiger partial charge in [0.2, 0.25) is 0 Å². The van der Waals surface area contributed by atoms with E-state index in [2.05, 4.69) is 18.7 Å². The first-order chi connectivity index (χ1) is 6.68. The molecule has 0 radical (unpaired) electrons. The average molecular weight is 220 g/mol. The van der Waals surface area contributed by atoms with Gasteiger partial charge in [-0.05, 0) is 25.3 Å². The van der Waals surface area contributed by atoms with Gasteiger partial charge in [-0.2, -0.15) is 0 Å². The Morgan fingerprint density at radius 1 is 1.43 bits per heavy atom. The van der Waals surface area contributed by atoms with Gasteiger partial charge in [0.25, 0.3) is 0 Å². The van der Waals surface area contributed by atoms with Crippen molar-refractivity contribution < 1.29 is 4.74 Å². The minimum atomic E-state index is 0.366. The molecule has 1 aliphatic heterocycles. The molecular formula is C11H22ClNO. The maximum atomic E-state index is 6.01. The van der Waals surface area contributed by atoms with Gasteiger partial charge < -0.3 is 4.74 Å². The first-order valence-corrected chi connectivity index (χ1v) is 6.06. The number of hydrogen-bond donors (Lipinski definition) is 0. The van der Waals surface area contributed by atoms with E-state index in [-0.39, 0.29) is 0 Å². The molecule has 1 rings (SSSR count). The molecule has 14 heavy (non-hydrogen) atoms. The molecule has 0 amide bonds. The third-order valence-electron chi connectivity index (χ3n) is 2.61. The van der Waals surface area contributed by atoms with Crippen molar-refractivity contribution >= 4 is 11.6 Å². The van der Waals surface area contributed by atoms with E-state index in [0.717, 1.165) is 51.6 Å². The Bertz CT molecular complexity index is 152. The molecule has 1 aliphatic rings. The lowest BCUT2D eigenvalue weighted by Crippen LogP contribution is -2.25. The topological polar surface area (TPSA) is 12.5 Å². The Labute approximate surface area is 92.6 Å². The monoisotopic (exact) mass is 219 g/mol. The quantitative estimate of drug-likeness (QED) is 0.503. The van der Waals surface area contributed by atoms with Crippen molar-refractivity contribution in [1.82, 2.24) is 4.90 Å². The van der Waals surface area contributed by atoms with E-state index in [0.29, 0.717) is 5.38 Å². The molecule has 1 unspecified atom stereocenters. The van der Waals surface area contributed by atoms with Crippen LogP contribution in [0.15, 0.2) is 0 Å². The standard InChI is InChI=1S/C11H22ClNO/c1-10(2)4-7-14-8-6-13-5-3-11(12)9-13/h10-11H,3-9H2,1-2H3. The summed E-state index contributed by atoms with van der Waals surface area (Å²) in [6.07, 6.45) is 2.30. The zero-order chi connectivity index (χ0) is 10.4. The van der Waals surface area contributed by atoms with Crippen LogP contribution < -0.4 is 0 Å². The summed E-state index contributed by atoms with van der Waals surface area (Å²) in [5.41, 5.74) is 0. The van der Waals surface area contributed by atoms with Crippen molar-refractivity contribution in [2.75, 3.05) is 32.8 Å². The van der Waals surface area contributed by atoms with Crippen LogP contribution in [0.2, 0.25) is 0 Å². The van der Waals surface area contributed by atoms with Gasteiger partial charge in [-0.1, -0.05) is 13.8 Å². The molecule has 0 spiro atoms. The fraction of sp³-hybridized carbons (Fsp3) is 1.00. The molecule has 0 bridgehead atoms. The molecule has 1 heterocycles. The predicted octanol–water partition coefficient (Wildman–Crippen LogP) is 2.36. The molecule has 2 nitrogen and oxygen atoms in total. The van der Waals surface area contributed by atoms with Crippen molar-refractivity contribution in [2.45, 2.75) is 32.1 Å². The molecular weight excluding hydrogens is 198 g/mol. The first-order valence-electron chi connectivity index (χ1n) is 5.62. The molecule has 0 aromatic rings. The number of nitrogens with zero attached hydrogens (tertiary/aromatic N) is 1. The second-order valence-corrected chi connectivity index (χ2v) is 5.10. The Kier molecular flexibility index (Phi) is 5.83. The van der Waals surface area contributed by atoms with Crippen molar-refractivity contribution in [1.29, 1.82) is 0 Å². The molecule has 1 fully saturated rings. The zero-order valence-electron chi connectivity index (χ0n) is 9.34. The van der Waals surface area contributed by atoms with Gasteiger partial charge in [-0.25, -0.2) is 0 Å². The number of likely N-dealkylation sites (tertiary alicyclic amines) is 1. The van der Waals surface area contributed by atoms with Crippen molar-refractivity contribution in [3.63, 3.8) is 0 Å². The van der Waals surface area contributed by atoms with E-state index < -0.39 is 0 Å². The third-order valence-corrected chi connectivity index (χ3v) is 2.96. The lowest BCUT2D eigenvalue weighted by molar-refractivity contribution is 0.103. The smallest absolute Gasteiger partial charge is 0.0593 e. The molecule has 0 aromatic carbocycles. The number of hydrogen-bond acceptors (Lipinski definition) is 2. The Morgan fingerprint density at radius 2 is 2.21 bits per heavy atom. The van der Waals surface area contributed by atoms with Crippen LogP contribution in [0.4, 0.5) is 0 Å². The lowest BCUT2D eigenvalue weighted by atomic mass is 10.1. The van der Waals surface area contributed by atoms with E-state index in [1.165, 1.54) is 0 Å². The normalized spacial score (nSPS) is 23.6. The maximum Gasteiger partial charge on any atom is 0.0593 e. The minimum Gasteiger partial charge on any atom is -0.380 e. The van der Waals surface area contributed by atoms with Crippen molar-refractivity contribution in [2.24, 2.45) is 5.92 Å². The van der Waals surface area contributed by atoms with Crippen LogP contribution in [0.5, 0.6) is 0 Å². The van der Waals surface area contributed by atoms with Crippen LogP contribution >= 0.6 is 11.6 Å².